The molecule has 2 saturated heterocycles. The molecule has 1 aromatic rings. The highest BCUT2D eigenvalue weighted by molar-refractivity contribution is 7.99. The van der Waals surface area contributed by atoms with Gasteiger partial charge in [-0.05, 0) is 43.4 Å². The van der Waals surface area contributed by atoms with E-state index in [0.29, 0.717) is 6.04 Å². The molecule has 3 rings (SSSR count). The Hall–Kier alpha value is -0.940. The summed E-state index contributed by atoms with van der Waals surface area (Å²) in [5.41, 5.74) is 2.30. The first-order valence-electron chi connectivity index (χ1n) is 7.47. The Morgan fingerprint density at radius 1 is 1.25 bits per heavy atom. The maximum absolute atomic E-state index is 5.39. The molecule has 0 unspecified atom stereocenters. The number of rotatable bonds is 3. The van der Waals surface area contributed by atoms with Crippen molar-refractivity contribution in [2.75, 3.05) is 48.0 Å². The number of aryl methyl sites for hydroxylation is 1. The number of morpholine rings is 1. The molecule has 4 nitrogen and oxygen atoms in total. The zero-order valence-corrected chi connectivity index (χ0v) is 12.9. The lowest BCUT2D eigenvalue weighted by Gasteiger charge is -2.29. The van der Waals surface area contributed by atoms with E-state index in [1.807, 2.05) is 0 Å². The van der Waals surface area contributed by atoms with Crippen LogP contribution in [0.5, 0.6) is 0 Å². The Morgan fingerprint density at radius 2 is 2.00 bits per heavy atom. The van der Waals surface area contributed by atoms with E-state index in [1.165, 1.54) is 30.0 Å². The monoisotopic (exact) mass is 293 g/mol. The van der Waals surface area contributed by atoms with E-state index in [1.54, 1.807) is 0 Å². The third kappa shape index (κ3) is 3.38. The SMILES string of the molecule is Cc1nc(N2CCOCC2)ccc1NC1CCSCC1. The Labute approximate surface area is 125 Å². The standard InChI is InChI=1S/C15H23N3OS/c1-12-14(17-13-4-10-20-11-5-13)2-3-15(16-12)18-6-8-19-9-7-18/h2-3,13,17H,4-11H2,1H3. The third-order valence-electron chi connectivity index (χ3n) is 3.99. The molecule has 2 aliphatic rings. The molecule has 3 heterocycles. The number of nitrogens with zero attached hydrogens (tertiary/aromatic N) is 2. The van der Waals surface area contributed by atoms with Crippen molar-refractivity contribution < 1.29 is 4.74 Å². The van der Waals surface area contributed by atoms with Gasteiger partial charge in [0.05, 0.1) is 24.6 Å². The average molecular weight is 293 g/mol. The second-order valence-electron chi connectivity index (χ2n) is 5.43. The molecule has 20 heavy (non-hydrogen) atoms. The number of thioether (sulfide) groups is 1. The Bertz CT molecular complexity index is 443. The molecule has 1 N–H and O–H groups in total. The summed E-state index contributed by atoms with van der Waals surface area (Å²) in [6.07, 6.45) is 2.52. The van der Waals surface area contributed by atoms with E-state index >= 15 is 0 Å². The molecular weight excluding hydrogens is 270 g/mol. The summed E-state index contributed by atoms with van der Waals surface area (Å²) in [5.74, 6) is 3.63. The summed E-state index contributed by atoms with van der Waals surface area (Å²) in [6.45, 7) is 5.60. The van der Waals surface area contributed by atoms with Crippen LogP contribution in [0.2, 0.25) is 0 Å². The fourth-order valence-electron chi connectivity index (χ4n) is 2.73. The van der Waals surface area contributed by atoms with Crippen LogP contribution in [0, 0.1) is 6.92 Å². The predicted molar refractivity (Wildman–Crippen MR) is 86.0 cm³/mol. The summed E-state index contributed by atoms with van der Waals surface area (Å²) in [6, 6.07) is 4.94. The van der Waals surface area contributed by atoms with Gasteiger partial charge in [-0.1, -0.05) is 0 Å². The molecule has 0 amide bonds. The van der Waals surface area contributed by atoms with Crippen LogP contribution in [0.4, 0.5) is 11.5 Å². The minimum atomic E-state index is 0.617. The van der Waals surface area contributed by atoms with Crippen LogP contribution in [0.3, 0.4) is 0 Å². The van der Waals surface area contributed by atoms with Crippen molar-refractivity contribution in [1.82, 2.24) is 4.98 Å². The lowest BCUT2D eigenvalue weighted by molar-refractivity contribution is 0.122. The van der Waals surface area contributed by atoms with Gasteiger partial charge in [0.1, 0.15) is 5.82 Å². The molecule has 0 radical (unpaired) electrons. The number of anilines is 2. The fourth-order valence-corrected chi connectivity index (χ4v) is 3.84. The first-order valence-corrected chi connectivity index (χ1v) is 8.63. The van der Waals surface area contributed by atoms with Gasteiger partial charge in [0.15, 0.2) is 0 Å². The van der Waals surface area contributed by atoms with Gasteiger partial charge in [0.25, 0.3) is 0 Å². The van der Waals surface area contributed by atoms with Crippen molar-refractivity contribution in [2.24, 2.45) is 0 Å². The van der Waals surface area contributed by atoms with Crippen molar-refractivity contribution in [3.8, 4) is 0 Å². The average Bonchev–Trinajstić information content (AvgIpc) is 2.51. The van der Waals surface area contributed by atoms with E-state index in [2.05, 4.69) is 41.0 Å². The zero-order valence-electron chi connectivity index (χ0n) is 12.1. The number of hydrogen-bond donors (Lipinski definition) is 1. The molecule has 0 bridgehead atoms. The first kappa shape index (κ1) is 14.0. The number of ether oxygens (including phenoxy) is 1. The van der Waals surface area contributed by atoms with Gasteiger partial charge in [-0.25, -0.2) is 4.98 Å². The van der Waals surface area contributed by atoms with E-state index in [4.69, 9.17) is 9.72 Å². The Morgan fingerprint density at radius 3 is 2.70 bits per heavy atom. The summed E-state index contributed by atoms with van der Waals surface area (Å²) in [4.78, 5) is 7.07. The third-order valence-corrected chi connectivity index (χ3v) is 5.04. The fraction of sp³-hybridized carbons (Fsp3) is 0.667. The van der Waals surface area contributed by atoms with Crippen molar-refractivity contribution >= 4 is 23.3 Å². The smallest absolute Gasteiger partial charge is 0.129 e. The van der Waals surface area contributed by atoms with E-state index in [9.17, 15) is 0 Å². The maximum Gasteiger partial charge on any atom is 0.129 e. The van der Waals surface area contributed by atoms with Gasteiger partial charge < -0.3 is 15.0 Å². The van der Waals surface area contributed by atoms with Crippen LogP contribution in [0.25, 0.3) is 0 Å². The molecule has 1 aromatic heterocycles. The molecule has 0 aliphatic carbocycles. The summed E-state index contributed by atoms with van der Waals surface area (Å²) >= 11 is 2.06. The van der Waals surface area contributed by atoms with Crippen LogP contribution < -0.4 is 10.2 Å². The molecule has 2 aliphatic heterocycles. The van der Waals surface area contributed by atoms with E-state index in [-0.39, 0.29) is 0 Å². The van der Waals surface area contributed by atoms with Crippen molar-refractivity contribution in [3.63, 3.8) is 0 Å². The van der Waals surface area contributed by atoms with Gasteiger partial charge in [-0.2, -0.15) is 11.8 Å². The van der Waals surface area contributed by atoms with E-state index < -0.39 is 0 Å². The topological polar surface area (TPSA) is 37.4 Å². The lowest BCUT2D eigenvalue weighted by atomic mass is 10.1. The molecule has 2 fully saturated rings. The van der Waals surface area contributed by atoms with Crippen molar-refractivity contribution in [1.29, 1.82) is 0 Å². The highest BCUT2D eigenvalue weighted by Gasteiger charge is 2.16. The van der Waals surface area contributed by atoms with Crippen LogP contribution in [0.15, 0.2) is 12.1 Å². The number of aromatic nitrogens is 1. The summed E-state index contributed by atoms with van der Waals surface area (Å²) < 4.78 is 5.39. The number of nitrogens with one attached hydrogen (secondary N) is 1. The van der Waals surface area contributed by atoms with Crippen LogP contribution in [-0.2, 0) is 4.74 Å². The highest BCUT2D eigenvalue weighted by Crippen LogP contribution is 2.24. The second kappa shape index (κ2) is 6.68. The lowest BCUT2D eigenvalue weighted by Crippen LogP contribution is -2.36. The predicted octanol–water partition coefficient (Wildman–Crippen LogP) is 2.53. The minimum absolute atomic E-state index is 0.617. The molecule has 0 spiro atoms. The summed E-state index contributed by atoms with van der Waals surface area (Å²) in [7, 11) is 0. The maximum atomic E-state index is 5.39. The van der Waals surface area contributed by atoms with Gasteiger partial charge in [0.2, 0.25) is 0 Å². The van der Waals surface area contributed by atoms with Crippen molar-refractivity contribution in [3.05, 3.63) is 17.8 Å². The van der Waals surface area contributed by atoms with Crippen molar-refractivity contribution in [2.45, 2.75) is 25.8 Å². The number of hydrogen-bond acceptors (Lipinski definition) is 5. The quantitative estimate of drug-likeness (QED) is 0.927. The van der Waals surface area contributed by atoms with Crippen LogP contribution in [-0.4, -0.2) is 48.8 Å². The van der Waals surface area contributed by atoms with Gasteiger partial charge >= 0.3 is 0 Å². The van der Waals surface area contributed by atoms with Gasteiger partial charge in [0, 0.05) is 19.1 Å². The minimum Gasteiger partial charge on any atom is -0.381 e. The normalized spacial score (nSPS) is 20.9. The molecule has 110 valence electrons. The van der Waals surface area contributed by atoms with Gasteiger partial charge in [-0.15, -0.1) is 0 Å². The molecule has 5 heteroatoms. The molecular formula is C15H23N3OS. The second-order valence-corrected chi connectivity index (χ2v) is 6.66. The highest BCUT2D eigenvalue weighted by atomic mass is 32.2. The first-order chi connectivity index (χ1) is 9.83. The Balaban J connectivity index is 1.66. The van der Waals surface area contributed by atoms with Gasteiger partial charge in [-0.3, -0.25) is 0 Å². The Kier molecular flexibility index (Phi) is 4.68. The summed E-state index contributed by atoms with van der Waals surface area (Å²) in [5, 5.41) is 3.66. The zero-order chi connectivity index (χ0) is 13.8. The molecule has 0 atom stereocenters. The molecule has 0 aromatic carbocycles. The van der Waals surface area contributed by atoms with Crippen LogP contribution in [0.1, 0.15) is 18.5 Å². The van der Waals surface area contributed by atoms with Crippen LogP contribution >= 0.6 is 11.8 Å². The number of pyridine rings is 1. The molecule has 0 saturated carbocycles. The van der Waals surface area contributed by atoms with E-state index in [0.717, 1.165) is 37.8 Å². The largest absolute Gasteiger partial charge is 0.381 e.